The number of anilines is 3. The number of carbonyl (C=O) groups excluding carboxylic acids is 3. The van der Waals surface area contributed by atoms with Crippen molar-refractivity contribution in [3.63, 3.8) is 0 Å². The molecule has 4 saturated heterocycles. The molecule has 4 fully saturated rings. The lowest BCUT2D eigenvalue weighted by Crippen LogP contribution is -2.49. The van der Waals surface area contributed by atoms with Crippen LogP contribution in [0.25, 0.3) is 5.57 Å². The molecule has 4 heterocycles. The Morgan fingerprint density at radius 3 is 2.21 bits per heavy atom. The van der Waals surface area contributed by atoms with Crippen molar-refractivity contribution < 1.29 is 44.4 Å². The summed E-state index contributed by atoms with van der Waals surface area (Å²) in [5.41, 5.74) is 0.583. The van der Waals surface area contributed by atoms with Crippen molar-refractivity contribution in [1.82, 2.24) is 24.7 Å². The van der Waals surface area contributed by atoms with Gasteiger partial charge in [-0.1, -0.05) is 73.5 Å². The number of amides is 4. The average Bonchev–Trinajstić information content (AvgIpc) is 4.04. The van der Waals surface area contributed by atoms with Crippen LogP contribution in [0.15, 0.2) is 142 Å². The van der Waals surface area contributed by atoms with Gasteiger partial charge >= 0.3 is 11.5 Å². The average molecular weight is 1190 g/mol. The van der Waals surface area contributed by atoms with E-state index in [2.05, 4.69) is 56.2 Å². The van der Waals surface area contributed by atoms with Crippen LogP contribution in [-0.4, -0.2) is 138 Å². The molecule has 0 spiro atoms. The van der Waals surface area contributed by atoms with Gasteiger partial charge in [-0.15, -0.1) is 11.8 Å². The van der Waals surface area contributed by atoms with Gasteiger partial charge < -0.3 is 10.2 Å². The number of thioether (sulfide) groups is 1. The number of alkyl halides is 3. The molecule has 4 aliphatic heterocycles. The number of allylic oxidation sites excluding steroid dienone is 1. The zero-order chi connectivity index (χ0) is 57.3. The monoisotopic (exact) mass is 1190 g/mol. The number of imide groups is 1. The third-order valence-corrected chi connectivity index (χ3v) is 20.5. The summed E-state index contributed by atoms with van der Waals surface area (Å²) in [6.07, 6.45) is 4.66. The van der Waals surface area contributed by atoms with Crippen molar-refractivity contribution in [3.05, 3.63) is 149 Å². The predicted molar refractivity (Wildman–Crippen MR) is 311 cm³/mol. The molecule has 5 aromatic carbocycles. The Morgan fingerprint density at radius 2 is 1.52 bits per heavy atom. The number of sulfonamides is 1. The fraction of sp³-hybridized carbons (Fsp3) is 0.407. The zero-order valence-electron chi connectivity index (χ0n) is 45.1. The lowest BCUT2D eigenvalue weighted by Gasteiger charge is -2.39. The van der Waals surface area contributed by atoms with Gasteiger partial charge in [-0.25, -0.2) is 26.4 Å². The smallest absolute Gasteiger partial charge is 0.380 e. The van der Waals surface area contributed by atoms with E-state index in [1.807, 2.05) is 71.5 Å². The van der Waals surface area contributed by atoms with E-state index < -0.39 is 58.8 Å². The molecule has 430 valence electrons. The number of sulfone groups is 1. The molecule has 0 saturated carbocycles. The van der Waals surface area contributed by atoms with Crippen molar-refractivity contribution in [2.24, 2.45) is 5.41 Å². The molecule has 3 atom stereocenters. The Morgan fingerprint density at radius 1 is 0.802 bits per heavy atom. The maximum absolute atomic E-state index is 14.5. The molecule has 81 heavy (non-hydrogen) atoms. The van der Waals surface area contributed by atoms with Crippen LogP contribution in [-0.2, 0) is 31.2 Å². The Bertz CT molecular complexity index is 3400. The lowest BCUT2D eigenvalue weighted by atomic mass is 9.73. The highest BCUT2D eigenvalue weighted by molar-refractivity contribution is 7.99. The van der Waals surface area contributed by atoms with Gasteiger partial charge in [0.25, 0.3) is 25.8 Å². The third kappa shape index (κ3) is 13.8. The van der Waals surface area contributed by atoms with Crippen LogP contribution in [0.2, 0.25) is 5.02 Å². The van der Waals surface area contributed by atoms with Gasteiger partial charge in [0.05, 0.1) is 10.6 Å². The van der Waals surface area contributed by atoms with E-state index >= 15 is 0 Å². The summed E-state index contributed by atoms with van der Waals surface area (Å²) in [5, 5.41) is 6.14. The van der Waals surface area contributed by atoms with E-state index in [1.165, 1.54) is 40.6 Å². The number of nitrogens with zero attached hydrogens (tertiary/aromatic N) is 5. The standard InChI is InChI=1S/C59H66ClF3N8O7S3/c1-58(2)24-21-52(41-11-15-44(60)16-12-41)43(34-58)36-67-27-29-68(30-28-67)46-17-13-42(14-18-46)56(73)66-81(77,78)51-19-20-53(54(33-51)80(75,76)59(61,62)63)64-45(39-79-50-9-4-3-5-10-50)22-25-69-37-49-32-48(69)38-70(49)35-40-7-6-8-47(31-40)71-26-23-55(72)65-57(71)74/h3-20,31,33,45,48-49,64H,21-30,32,34-39H2,1-2H3,(H,66,73)(H,65,72,74)/t45-,48-,49-/m1/s1. The van der Waals surface area contributed by atoms with Gasteiger partial charge in [-0.2, -0.15) is 13.2 Å². The molecule has 5 aliphatic rings. The van der Waals surface area contributed by atoms with E-state index in [0.717, 1.165) is 99.8 Å². The lowest BCUT2D eigenvalue weighted by molar-refractivity contribution is -0.120. The van der Waals surface area contributed by atoms with Crippen LogP contribution in [0, 0.1) is 5.41 Å². The summed E-state index contributed by atoms with van der Waals surface area (Å²) in [5.74, 6) is -1.01. The Hall–Kier alpha value is -5.94. The number of hydrogen-bond donors (Lipinski definition) is 3. The summed E-state index contributed by atoms with van der Waals surface area (Å²) in [7, 11) is -11.0. The topological polar surface area (TPSA) is 172 Å². The van der Waals surface area contributed by atoms with Crippen LogP contribution in [0.1, 0.15) is 73.9 Å². The zero-order valence-corrected chi connectivity index (χ0v) is 48.3. The number of likely N-dealkylation sites (tertiary alicyclic amines) is 2. The molecule has 5 aromatic rings. The second kappa shape index (κ2) is 24.1. The molecular weight excluding hydrogens is 1120 g/mol. The quantitative estimate of drug-likeness (QED) is 0.0668. The first-order valence-electron chi connectivity index (χ1n) is 27.3. The number of urea groups is 1. The summed E-state index contributed by atoms with van der Waals surface area (Å²) in [6, 6.07) is 33.4. The Labute approximate surface area is 481 Å². The number of fused-ring (bicyclic) bond motifs is 2. The van der Waals surface area contributed by atoms with Crippen molar-refractivity contribution in [3.8, 4) is 0 Å². The van der Waals surface area contributed by atoms with Gasteiger partial charge in [0.1, 0.15) is 4.90 Å². The minimum atomic E-state index is -6.13. The number of piperazine rings is 2. The van der Waals surface area contributed by atoms with Crippen molar-refractivity contribution in [1.29, 1.82) is 0 Å². The Balaban J connectivity index is 0.783. The van der Waals surface area contributed by atoms with Crippen LogP contribution >= 0.6 is 23.4 Å². The number of hydrogen-bond acceptors (Lipinski definition) is 13. The molecule has 3 N–H and O–H groups in total. The highest BCUT2D eigenvalue weighted by atomic mass is 35.5. The molecule has 0 unspecified atom stereocenters. The summed E-state index contributed by atoms with van der Waals surface area (Å²) < 4.78 is 99.8. The van der Waals surface area contributed by atoms with Crippen LogP contribution in [0.5, 0.6) is 0 Å². The highest BCUT2D eigenvalue weighted by Crippen LogP contribution is 2.43. The molecule has 2 bridgehead atoms. The molecule has 0 radical (unpaired) electrons. The van der Waals surface area contributed by atoms with Crippen molar-refractivity contribution >= 4 is 83.7 Å². The van der Waals surface area contributed by atoms with E-state index in [0.29, 0.717) is 48.6 Å². The third-order valence-electron chi connectivity index (χ3n) is 16.2. The molecule has 15 nitrogen and oxygen atoms in total. The number of nitrogens with one attached hydrogen (secondary N) is 3. The van der Waals surface area contributed by atoms with E-state index in [9.17, 15) is 44.4 Å². The molecule has 0 aromatic heterocycles. The molecule has 1 aliphatic carbocycles. The first-order chi connectivity index (χ1) is 38.6. The van der Waals surface area contributed by atoms with E-state index in [1.54, 1.807) is 17.0 Å². The normalized spacial score (nSPS) is 20.6. The van der Waals surface area contributed by atoms with Gasteiger partial charge in [-0.3, -0.25) is 34.5 Å². The van der Waals surface area contributed by atoms with E-state index in [-0.39, 0.29) is 35.4 Å². The minimum Gasteiger partial charge on any atom is -0.380 e. The number of benzene rings is 5. The number of carbonyl (C=O) groups is 3. The summed E-state index contributed by atoms with van der Waals surface area (Å²) >= 11 is 7.66. The number of rotatable bonds is 19. The van der Waals surface area contributed by atoms with Crippen molar-refractivity contribution in [2.75, 3.05) is 79.8 Å². The largest absolute Gasteiger partial charge is 0.501 e. The summed E-state index contributed by atoms with van der Waals surface area (Å²) in [4.78, 5) is 47.5. The van der Waals surface area contributed by atoms with Crippen LogP contribution < -0.4 is 25.2 Å². The minimum absolute atomic E-state index is 0.0168. The van der Waals surface area contributed by atoms with Crippen molar-refractivity contribution in [2.45, 2.75) is 97.2 Å². The molecule has 4 amide bonds. The Kier molecular flexibility index (Phi) is 17.3. The molecular formula is C59H66ClF3N8O7S3. The molecule has 10 rings (SSSR count). The summed E-state index contributed by atoms with van der Waals surface area (Å²) in [6.45, 7) is 11.5. The maximum Gasteiger partial charge on any atom is 0.501 e. The van der Waals surface area contributed by atoms with Crippen LogP contribution in [0.4, 0.5) is 35.0 Å². The first kappa shape index (κ1) is 58.3. The van der Waals surface area contributed by atoms with Gasteiger partial charge in [0.15, 0.2) is 0 Å². The first-order valence-corrected chi connectivity index (χ1v) is 31.6. The highest BCUT2D eigenvalue weighted by Gasteiger charge is 2.49. The second-order valence-corrected chi connectivity index (χ2v) is 27.6. The fourth-order valence-electron chi connectivity index (χ4n) is 11.8. The molecule has 22 heteroatoms. The van der Waals surface area contributed by atoms with E-state index in [4.69, 9.17) is 11.6 Å². The fourth-order valence-corrected chi connectivity index (χ4v) is 15.0. The number of halogens is 4. The van der Waals surface area contributed by atoms with Gasteiger partial charge in [-0.05, 0) is 133 Å². The SMILES string of the molecule is CC1(C)CCC(c2ccc(Cl)cc2)=C(CN2CCN(c3ccc(C(=O)NS(=O)(=O)c4ccc(N[C@H](CCN5C[C@H]6C[C@@H]5CN6Cc5cccc(N6CCC(=O)NC6=O)c5)CSc5ccccc5)c(S(=O)(=O)C(F)(F)F)c4)cc3)CC2)C1. The second-order valence-electron chi connectivity index (χ2n) is 22.4. The van der Waals surface area contributed by atoms with Gasteiger partial charge in [0.2, 0.25) is 5.91 Å². The van der Waals surface area contributed by atoms with Crippen LogP contribution in [0.3, 0.4) is 0 Å². The predicted octanol–water partition coefficient (Wildman–Crippen LogP) is 9.91. The van der Waals surface area contributed by atoms with Gasteiger partial charge in [0, 0.05) is 123 Å². The maximum atomic E-state index is 14.5.